The van der Waals surface area contributed by atoms with Crippen LogP contribution in [-0.4, -0.2) is 27.8 Å². The monoisotopic (exact) mass is 336 g/mol. The number of nitrogens with one attached hydrogen (secondary N) is 1. The highest BCUT2D eigenvalue weighted by Gasteiger charge is 2.04. The fourth-order valence-corrected chi connectivity index (χ4v) is 2.45. The average Bonchev–Trinajstić information content (AvgIpc) is 3.20. The summed E-state index contributed by atoms with van der Waals surface area (Å²) in [5, 5.41) is 7.03. The second kappa shape index (κ2) is 8.10. The highest BCUT2D eigenvalue weighted by Crippen LogP contribution is 2.12. The molecular formula is C19H20N4O2. The summed E-state index contributed by atoms with van der Waals surface area (Å²) in [7, 11) is 1.64. The van der Waals surface area contributed by atoms with Crippen molar-refractivity contribution in [2.24, 2.45) is 0 Å². The van der Waals surface area contributed by atoms with Gasteiger partial charge in [0.25, 0.3) is 0 Å². The zero-order valence-corrected chi connectivity index (χ0v) is 14.1. The van der Waals surface area contributed by atoms with Crippen molar-refractivity contribution in [2.45, 2.75) is 19.4 Å². The number of amides is 1. The molecule has 6 heteroatoms. The second-order valence-electron chi connectivity index (χ2n) is 5.63. The molecule has 0 spiro atoms. The standard InChI is InChI=1S/C19H20N4O2/c1-25-18-9-4-15(5-10-18)6-11-19(24)21-12-16-2-7-17(8-3-16)23-14-20-13-22-23/h2-5,7-10,13-14H,6,11-12H2,1H3,(H,21,24). The van der Waals surface area contributed by atoms with Gasteiger partial charge in [-0.25, -0.2) is 9.67 Å². The van der Waals surface area contributed by atoms with E-state index in [1.54, 1.807) is 18.1 Å². The van der Waals surface area contributed by atoms with E-state index in [9.17, 15) is 4.79 Å². The van der Waals surface area contributed by atoms with Gasteiger partial charge in [0.1, 0.15) is 18.4 Å². The van der Waals surface area contributed by atoms with E-state index >= 15 is 0 Å². The van der Waals surface area contributed by atoms with E-state index in [0.717, 1.165) is 22.6 Å². The van der Waals surface area contributed by atoms with Gasteiger partial charge in [0, 0.05) is 13.0 Å². The third-order valence-corrected chi connectivity index (χ3v) is 3.91. The predicted molar refractivity (Wildman–Crippen MR) is 94.5 cm³/mol. The maximum absolute atomic E-state index is 12.0. The number of carbonyl (C=O) groups excluding carboxylic acids is 1. The molecule has 1 amide bonds. The van der Waals surface area contributed by atoms with E-state index in [0.29, 0.717) is 19.4 Å². The Hall–Kier alpha value is -3.15. The van der Waals surface area contributed by atoms with Crippen molar-refractivity contribution in [1.82, 2.24) is 20.1 Å². The van der Waals surface area contributed by atoms with Gasteiger partial charge in [0.2, 0.25) is 5.91 Å². The fourth-order valence-electron chi connectivity index (χ4n) is 2.45. The molecule has 0 saturated carbocycles. The maximum atomic E-state index is 12.0. The Morgan fingerprint density at radius 1 is 1.08 bits per heavy atom. The number of hydrogen-bond donors (Lipinski definition) is 1. The van der Waals surface area contributed by atoms with Crippen molar-refractivity contribution in [2.75, 3.05) is 7.11 Å². The summed E-state index contributed by atoms with van der Waals surface area (Å²) in [6, 6.07) is 15.6. The molecule has 0 aliphatic heterocycles. The first kappa shape index (κ1) is 16.7. The molecule has 0 radical (unpaired) electrons. The van der Waals surface area contributed by atoms with E-state index < -0.39 is 0 Å². The van der Waals surface area contributed by atoms with Gasteiger partial charge in [-0.1, -0.05) is 24.3 Å². The van der Waals surface area contributed by atoms with Crippen LogP contribution in [0.4, 0.5) is 0 Å². The molecule has 0 atom stereocenters. The van der Waals surface area contributed by atoms with E-state index in [1.807, 2.05) is 48.5 Å². The minimum atomic E-state index is 0.0381. The van der Waals surface area contributed by atoms with Crippen LogP contribution < -0.4 is 10.1 Å². The molecule has 25 heavy (non-hydrogen) atoms. The van der Waals surface area contributed by atoms with E-state index in [2.05, 4.69) is 15.4 Å². The summed E-state index contributed by atoms with van der Waals surface area (Å²) >= 11 is 0. The molecule has 0 fully saturated rings. The van der Waals surface area contributed by atoms with Gasteiger partial charge in [-0.15, -0.1) is 0 Å². The molecule has 2 aromatic carbocycles. The first-order valence-electron chi connectivity index (χ1n) is 8.08. The van der Waals surface area contributed by atoms with E-state index in [4.69, 9.17) is 4.74 Å². The Kier molecular flexibility index (Phi) is 5.41. The van der Waals surface area contributed by atoms with Crippen LogP contribution in [0.1, 0.15) is 17.5 Å². The normalized spacial score (nSPS) is 10.4. The highest BCUT2D eigenvalue weighted by molar-refractivity contribution is 5.76. The number of nitrogens with zero attached hydrogens (tertiary/aromatic N) is 3. The fraction of sp³-hybridized carbons (Fsp3) is 0.211. The van der Waals surface area contributed by atoms with E-state index in [1.165, 1.54) is 6.33 Å². The van der Waals surface area contributed by atoms with Gasteiger partial charge in [-0.3, -0.25) is 4.79 Å². The number of hydrogen-bond acceptors (Lipinski definition) is 4. The van der Waals surface area contributed by atoms with Crippen LogP contribution in [0.5, 0.6) is 5.75 Å². The summed E-state index contributed by atoms with van der Waals surface area (Å²) in [6.45, 7) is 0.513. The van der Waals surface area contributed by atoms with Crippen LogP contribution in [0.25, 0.3) is 5.69 Å². The first-order valence-corrected chi connectivity index (χ1v) is 8.08. The molecule has 6 nitrogen and oxygen atoms in total. The molecule has 1 N–H and O–H groups in total. The van der Waals surface area contributed by atoms with Crippen LogP contribution in [0.2, 0.25) is 0 Å². The number of benzene rings is 2. The number of carbonyl (C=O) groups is 1. The van der Waals surface area contributed by atoms with Crippen molar-refractivity contribution in [3.05, 3.63) is 72.3 Å². The van der Waals surface area contributed by atoms with E-state index in [-0.39, 0.29) is 5.91 Å². The summed E-state index contributed by atoms with van der Waals surface area (Å²) < 4.78 is 6.82. The van der Waals surface area contributed by atoms with Crippen molar-refractivity contribution in [1.29, 1.82) is 0 Å². The Morgan fingerprint density at radius 2 is 1.80 bits per heavy atom. The summed E-state index contributed by atoms with van der Waals surface area (Å²) in [6.07, 6.45) is 4.32. The van der Waals surface area contributed by atoms with Gasteiger partial charge < -0.3 is 10.1 Å². The topological polar surface area (TPSA) is 69.0 Å². The molecule has 0 bridgehead atoms. The third kappa shape index (κ3) is 4.67. The number of ether oxygens (including phenoxy) is 1. The number of rotatable bonds is 7. The first-order chi connectivity index (χ1) is 12.2. The molecule has 1 heterocycles. The second-order valence-corrected chi connectivity index (χ2v) is 5.63. The minimum absolute atomic E-state index is 0.0381. The Bertz CT molecular complexity index is 796. The summed E-state index contributed by atoms with van der Waals surface area (Å²) in [4.78, 5) is 15.9. The van der Waals surface area contributed by atoms with Gasteiger partial charge in [0.15, 0.2) is 0 Å². The van der Waals surface area contributed by atoms with Crippen molar-refractivity contribution >= 4 is 5.91 Å². The van der Waals surface area contributed by atoms with Crippen LogP contribution in [0.15, 0.2) is 61.2 Å². The van der Waals surface area contributed by atoms with Crippen LogP contribution in [0.3, 0.4) is 0 Å². The summed E-state index contributed by atoms with van der Waals surface area (Å²) in [5.74, 6) is 0.860. The molecule has 0 aliphatic carbocycles. The molecule has 3 rings (SSSR count). The molecular weight excluding hydrogens is 316 g/mol. The maximum Gasteiger partial charge on any atom is 0.220 e. The smallest absolute Gasteiger partial charge is 0.220 e. The lowest BCUT2D eigenvalue weighted by molar-refractivity contribution is -0.121. The van der Waals surface area contributed by atoms with Crippen molar-refractivity contribution in [3.8, 4) is 11.4 Å². The van der Waals surface area contributed by atoms with Crippen molar-refractivity contribution < 1.29 is 9.53 Å². The number of aromatic nitrogens is 3. The predicted octanol–water partition coefficient (Wildman–Crippen LogP) is 2.52. The zero-order valence-electron chi connectivity index (χ0n) is 14.1. The Labute approximate surface area is 146 Å². The van der Waals surface area contributed by atoms with Gasteiger partial charge >= 0.3 is 0 Å². The molecule has 3 aromatic rings. The Balaban J connectivity index is 1.45. The summed E-state index contributed by atoms with van der Waals surface area (Å²) in [5.41, 5.74) is 3.10. The number of methoxy groups -OCH3 is 1. The number of aryl methyl sites for hydroxylation is 1. The van der Waals surface area contributed by atoms with Gasteiger partial charge in [-0.05, 0) is 41.8 Å². The van der Waals surface area contributed by atoms with Gasteiger partial charge in [0.05, 0.1) is 12.8 Å². The molecule has 1 aromatic heterocycles. The van der Waals surface area contributed by atoms with Crippen LogP contribution >= 0.6 is 0 Å². The minimum Gasteiger partial charge on any atom is -0.497 e. The zero-order chi connectivity index (χ0) is 17.5. The highest BCUT2D eigenvalue weighted by atomic mass is 16.5. The average molecular weight is 336 g/mol. The Morgan fingerprint density at radius 3 is 2.44 bits per heavy atom. The lowest BCUT2D eigenvalue weighted by Crippen LogP contribution is -2.23. The van der Waals surface area contributed by atoms with Crippen molar-refractivity contribution in [3.63, 3.8) is 0 Å². The van der Waals surface area contributed by atoms with Crippen LogP contribution in [-0.2, 0) is 17.8 Å². The SMILES string of the molecule is COc1ccc(CCC(=O)NCc2ccc(-n3cncn3)cc2)cc1. The van der Waals surface area contributed by atoms with Crippen LogP contribution in [0, 0.1) is 0 Å². The lowest BCUT2D eigenvalue weighted by atomic mass is 10.1. The third-order valence-electron chi connectivity index (χ3n) is 3.91. The molecule has 0 saturated heterocycles. The largest absolute Gasteiger partial charge is 0.497 e. The molecule has 128 valence electrons. The molecule has 0 unspecified atom stereocenters. The quantitative estimate of drug-likeness (QED) is 0.720. The lowest BCUT2D eigenvalue weighted by Gasteiger charge is -2.07. The molecule has 0 aliphatic rings. The van der Waals surface area contributed by atoms with Gasteiger partial charge in [-0.2, -0.15) is 5.10 Å².